The molecule has 0 spiro atoms. The summed E-state index contributed by atoms with van der Waals surface area (Å²) in [5, 5.41) is 17.9. The van der Waals surface area contributed by atoms with Crippen LogP contribution in [-0.4, -0.2) is 17.6 Å². The standard InChI is InChI=1S/C16H13FN2O2/c17-15-11-13(20)7-8-14(15)16(21)19(10-4-9-18)12-5-2-1-3-6-12/h1-3,5-8,11,20H,4,10H2. The molecule has 0 bridgehead atoms. The lowest BCUT2D eigenvalue weighted by molar-refractivity contribution is 0.0983. The third-order valence-electron chi connectivity index (χ3n) is 2.94. The Bertz CT molecular complexity index is 680. The second-order valence-corrected chi connectivity index (χ2v) is 4.36. The number of hydrogen-bond acceptors (Lipinski definition) is 3. The molecular formula is C16H13FN2O2. The Kier molecular flexibility index (Phi) is 4.52. The first-order valence-electron chi connectivity index (χ1n) is 6.36. The Morgan fingerprint density at radius 1 is 1.24 bits per heavy atom. The number of nitriles is 1. The van der Waals surface area contributed by atoms with E-state index in [1.165, 1.54) is 17.0 Å². The average molecular weight is 284 g/mol. The minimum atomic E-state index is -0.794. The van der Waals surface area contributed by atoms with Gasteiger partial charge in [-0.05, 0) is 24.3 Å². The van der Waals surface area contributed by atoms with Crippen LogP contribution in [0.3, 0.4) is 0 Å². The van der Waals surface area contributed by atoms with Crippen molar-refractivity contribution in [3.63, 3.8) is 0 Å². The maximum absolute atomic E-state index is 13.8. The quantitative estimate of drug-likeness (QED) is 0.938. The van der Waals surface area contributed by atoms with E-state index >= 15 is 0 Å². The largest absolute Gasteiger partial charge is 0.508 e. The van der Waals surface area contributed by atoms with Crippen molar-refractivity contribution in [1.29, 1.82) is 5.26 Å². The fourth-order valence-electron chi connectivity index (χ4n) is 1.94. The molecule has 0 saturated carbocycles. The predicted molar refractivity (Wildman–Crippen MR) is 76.4 cm³/mol. The molecule has 5 heteroatoms. The lowest BCUT2D eigenvalue weighted by Gasteiger charge is -2.22. The number of carbonyl (C=O) groups is 1. The van der Waals surface area contributed by atoms with Crippen LogP contribution in [0.15, 0.2) is 48.5 Å². The molecule has 0 heterocycles. The van der Waals surface area contributed by atoms with Crippen molar-refractivity contribution in [3.05, 3.63) is 59.9 Å². The summed E-state index contributed by atoms with van der Waals surface area (Å²) in [4.78, 5) is 13.8. The maximum Gasteiger partial charge on any atom is 0.261 e. The Balaban J connectivity index is 2.37. The van der Waals surface area contributed by atoms with Crippen molar-refractivity contribution in [2.75, 3.05) is 11.4 Å². The van der Waals surface area contributed by atoms with E-state index < -0.39 is 11.7 Å². The zero-order valence-corrected chi connectivity index (χ0v) is 11.2. The number of anilines is 1. The van der Waals surface area contributed by atoms with E-state index in [-0.39, 0.29) is 24.3 Å². The van der Waals surface area contributed by atoms with Gasteiger partial charge in [0.1, 0.15) is 11.6 Å². The summed E-state index contributed by atoms with van der Waals surface area (Å²) in [5.41, 5.74) is 0.444. The van der Waals surface area contributed by atoms with E-state index in [9.17, 15) is 14.3 Å². The molecule has 0 aromatic heterocycles. The molecule has 2 aromatic carbocycles. The normalized spacial score (nSPS) is 9.90. The van der Waals surface area contributed by atoms with Crippen LogP contribution in [0, 0.1) is 17.1 Å². The summed E-state index contributed by atoms with van der Waals surface area (Å²) in [6, 6.07) is 14.1. The molecule has 106 valence electrons. The van der Waals surface area contributed by atoms with Gasteiger partial charge in [-0.15, -0.1) is 0 Å². The molecule has 1 N–H and O–H groups in total. The van der Waals surface area contributed by atoms with E-state index in [0.29, 0.717) is 5.69 Å². The second-order valence-electron chi connectivity index (χ2n) is 4.36. The third-order valence-corrected chi connectivity index (χ3v) is 2.94. The Morgan fingerprint density at radius 3 is 2.57 bits per heavy atom. The number of benzene rings is 2. The minimum absolute atomic E-state index is 0.139. The van der Waals surface area contributed by atoms with Crippen LogP contribution in [0.25, 0.3) is 0 Å². The smallest absolute Gasteiger partial charge is 0.261 e. The van der Waals surface area contributed by atoms with Gasteiger partial charge in [-0.1, -0.05) is 18.2 Å². The first-order valence-corrected chi connectivity index (χ1v) is 6.36. The molecule has 21 heavy (non-hydrogen) atoms. The molecular weight excluding hydrogens is 271 g/mol. The molecule has 0 aliphatic heterocycles. The molecule has 0 fully saturated rings. The number of hydrogen-bond donors (Lipinski definition) is 1. The highest BCUT2D eigenvalue weighted by molar-refractivity contribution is 6.06. The van der Waals surface area contributed by atoms with Gasteiger partial charge in [0.15, 0.2) is 0 Å². The topological polar surface area (TPSA) is 64.3 Å². The predicted octanol–water partition coefficient (Wildman–Crippen LogP) is 3.09. The van der Waals surface area contributed by atoms with Gasteiger partial charge >= 0.3 is 0 Å². The van der Waals surface area contributed by atoms with Crippen molar-refractivity contribution in [1.82, 2.24) is 0 Å². The van der Waals surface area contributed by atoms with Gasteiger partial charge < -0.3 is 10.0 Å². The minimum Gasteiger partial charge on any atom is -0.508 e. The van der Waals surface area contributed by atoms with Gasteiger partial charge in [-0.25, -0.2) is 4.39 Å². The van der Waals surface area contributed by atoms with Crippen LogP contribution in [0.1, 0.15) is 16.8 Å². The van der Waals surface area contributed by atoms with E-state index in [1.807, 2.05) is 6.07 Å². The maximum atomic E-state index is 13.8. The monoisotopic (exact) mass is 284 g/mol. The number of carbonyl (C=O) groups excluding carboxylic acids is 1. The number of phenols is 1. The van der Waals surface area contributed by atoms with Crippen molar-refractivity contribution < 1.29 is 14.3 Å². The number of para-hydroxylation sites is 1. The van der Waals surface area contributed by atoms with E-state index in [4.69, 9.17) is 5.26 Å². The van der Waals surface area contributed by atoms with Crippen LogP contribution in [0.5, 0.6) is 5.75 Å². The fourth-order valence-corrected chi connectivity index (χ4v) is 1.94. The van der Waals surface area contributed by atoms with Gasteiger partial charge in [0.05, 0.1) is 18.1 Å². The van der Waals surface area contributed by atoms with Gasteiger partial charge in [0.25, 0.3) is 5.91 Å². The zero-order chi connectivity index (χ0) is 15.2. The van der Waals surface area contributed by atoms with Crippen molar-refractivity contribution in [3.8, 4) is 11.8 Å². The summed E-state index contributed by atoms with van der Waals surface area (Å²) in [6.45, 7) is 0.166. The van der Waals surface area contributed by atoms with Gasteiger partial charge in [0, 0.05) is 18.3 Å². The van der Waals surface area contributed by atoms with E-state index in [1.54, 1.807) is 30.3 Å². The Morgan fingerprint density at radius 2 is 1.95 bits per heavy atom. The molecule has 0 saturated heterocycles. The molecule has 2 rings (SSSR count). The Hall–Kier alpha value is -2.87. The van der Waals surface area contributed by atoms with Crippen LogP contribution in [0.2, 0.25) is 0 Å². The summed E-state index contributed by atoms with van der Waals surface area (Å²) in [7, 11) is 0. The van der Waals surface area contributed by atoms with Gasteiger partial charge in [-0.3, -0.25) is 4.79 Å². The highest BCUT2D eigenvalue weighted by atomic mass is 19.1. The molecule has 1 amide bonds. The highest BCUT2D eigenvalue weighted by Crippen LogP contribution is 2.21. The van der Waals surface area contributed by atoms with Crippen LogP contribution < -0.4 is 4.90 Å². The first-order chi connectivity index (χ1) is 10.1. The first kappa shape index (κ1) is 14.5. The van der Waals surface area contributed by atoms with Crippen molar-refractivity contribution in [2.45, 2.75) is 6.42 Å². The summed E-state index contributed by atoms with van der Waals surface area (Å²) in [5.74, 6) is -1.58. The SMILES string of the molecule is N#CCCN(C(=O)c1ccc(O)cc1F)c1ccccc1. The molecule has 0 aliphatic carbocycles. The van der Waals surface area contributed by atoms with E-state index in [2.05, 4.69) is 0 Å². The van der Waals surface area contributed by atoms with Gasteiger partial charge in [0.2, 0.25) is 0 Å². The number of halogens is 1. The lowest BCUT2D eigenvalue weighted by atomic mass is 10.1. The Labute approximate surface area is 121 Å². The van der Waals surface area contributed by atoms with Crippen LogP contribution in [0.4, 0.5) is 10.1 Å². The molecule has 4 nitrogen and oxygen atoms in total. The summed E-state index contributed by atoms with van der Waals surface area (Å²) in [6.07, 6.45) is 0.139. The fraction of sp³-hybridized carbons (Fsp3) is 0.125. The lowest BCUT2D eigenvalue weighted by Crippen LogP contribution is -2.32. The molecule has 0 atom stereocenters. The number of aromatic hydroxyl groups is 1. The van der Waals surface area contributed by atoms with Crippen molar-refractivity contribution >= 4 is 11.6 Å². The van der Waals surface area contributed by atoms with Crippen molar-refractivity contribution in [2.24, 2.45) is 0 Å². The number of phenolic OH excluding ortho intramolecular Hbond substituents is 1. The average Bonchev–Trinajstić information content (AvgIpc) is 2.48. The number of rotatable bonds is 4. The van der Waals surface area contributed by atoms with Crippen LogP contribution in [-0.2, 0) is 0 Å². The third kappa shape index (κ3) is 3.37. The molecule has 0 radical (unpaired) electrons. The highest BCUT2D eigenvalue weighted by Gasteiger charge is 2.20. The number of amides is 1. The van der Waals surface area contributed by atoms with Gasteiger partial charge in [-0.2, -0.15) is 5.26 Å². The van der Waals surface area contributed by atoms with Crippen LogP contribution >= 0.6 is 0 Å². The summed E-state index contributed by atoms with van der Waals surface area (Å²) >= 11 is 0. The second kappa shape index (κ2) is 6.53. The molecule has 0 aliphatic rings. The molecule has 0 unspecified atom stereocenters. The zero-order valence-electron chi connectivity index (χ0n) is 11.2. The summed E-state index contributed by atoms with van der Waals surface area (Å²) < 4.78 is 13.8. The number of nitrogens with zero attached hydrogens (tertiary/aromatic N) is 2. The van der Waals surface area contributed by atoms with E-state index in [0.717, 1.165) is 6.07 Å². The molecule has 2 aromatic rings.